The van der Waals surface area contributed by atoms with E-state index in [2.05, 4.69) is 15.3 Å². The highest BCUT2D eigenvalue weighted by Gasteiger charge is 2.30. The lowest BCUT2D eigenvalue weighted by molar-refractivity contribution is 0.172. The number of carbonyl (C=O) groups is 1. The minimum Gasteiger partial charge on any atom is -0.335 e. The molecule has 124 valence electrons. The van der Waals surface area contributed by atoms with Gasteiger partial charge < -0.3 is 15.2 Å². The molecule has 1 saturated heterocycles. The Kier molecular flexibility index (Phi) is 4.64. The van der Waals surface area contributed by atoms with Gasteiger partial charge >= 0.3 is 6.03 Å². The number of rotatable bonds is 4. The number of urea groups is 1. The fourth-order valence-electron chi connectivity index (χ4n) is 2.34. The van der Waals surface area contributed by atoms with Gasteiger partial charge in [0.05, 0.1) is 19.1 Å². The van der Waals surface area contributed by atoms with Gasteiger partial charge in [-0.2, -0.15) is 4.31 Å². The Bertz CT molecular complexity index is 735. The van der Waals surface area contributed by atoms with Crippen LogP contribution in [-0.4, -0.2) is 59.8 Å². The molecule has 2 amide bonds. The van der Waals surface area contributed by atoms with Crippen molar-refractivity contribution in [3.05, 3.63) is 34.9 Å². The smallest absolute Gasteiger partial charge is 0.317 e. The first-order chi connectivity index (χ1) is 11.1. The summed E-state index contributed by atoms with van der Waals surface area (Å²) < 4.78 is 26.1. The van der Waals surface area contributed by atoms with Crippen LogP contribution in [0.1, 0.15) is 4.88 Å². The van der Waals surface area contributed by atoms with Gasteiger partial charge in [-0.05, 0) is 11.4 Å². The Labute approximate surface area is 138 Å². The van der Waals surface area contributed by atoms with E-state index in [0.29, 0.717) is 19.6 Å². The van der Waals surface area contributed by atoms with Crippen molar-refractivity contribution in [2.45, 2.75) is 11.6 Å². The van der Waals surface area contributed by atoms with Crippen LogP contribution in [-0.2, 0) is 16.6 Å². The van der Waals surface area contributed by atoms with Crippen molar-refractivity contribution in [2.24, 2.45) is 0 Å². The number of nitrogens with one attached hydrogen (secondary N) is 2. The van der Waals surface area contributed by atoms with Gasteiger partial charge in [-0.25, -0.2) is 18.2 Å². The van der Waals surface area contributed by atoms with E-state index in [-0.39, 0.29) is 24.1 Å². The van der Waals surface area contributed by atoms with Crippen molar-refractivity contribution < 1.29 is 13.2 Å². The topological polar surface area (TPSA) is 98.4 Å². The van der Waals surface area contributed by atoms with Gasteiger partial charge in [-0.1, -0.05) is 6.07 Å². The first kappa shape index (κ1) is 16.0. The monoisotopic (exact) mass is 355 g/mol. The van der Waals surface area contributed by atoms with E-state index < -0.39 is 10.0 Å². The Morgan fingerprint density at radius 1 is 1.35 bits per heavy atom. The summed E-state index contributed by atoms with van der Waals surface area (Å²) in [4.78, 5) is 21.2. The van der Waals surface area contributed by atoms with Crippen LogP contribution in [0.3, 0.4) is 0 Å². The van der Waals surface area contributed by atoms with Crippen molar-refractivity contribution in [1.82, 2.24) is 24.5 Å². The van der Waals surface area contributed by atoms with Crippen LogP contribution in [0.25, 0.3) is 0 Å². The van der Waals surface area contributed by atoms with Crippen LogP contribution in [0, 0.1) is 0 Å². The van der Waals surface area contributed by atoms with Gasteiger partial charge in [-0.15, -0.1) is 11.3 Å². The largest absolute Gasteiger partial charge is 0.335 e. The fourth-order valence-corrected chi connectivity index (χ4v) is 4.30. The molecule has 0 radical (unpaired) electrons. The number of imidazole rings is 1. The predicted octanol–water partition coefficient (Wildman–Crippen LogP) is 0.687. The zero-order chi connectivity index (χ0) is 16.3. The van der Waals surface area contributed by atoms with Gasteiger partial charge in [0.1, 0.15) is 0 Å². The minimum atomic E-state index is -3.56. The number of H-pyrrole nitrogens is 1. The molecular formula is C13H17N5O3S2. The Hall–Kier alpha value is -1.91. The summed E-state index contributed by atoms with van der Waals surface area (Å²) in [6, 6.07) is 3.72. The van der Waals surface area contributed by atoms with Gasteiger partial charge in [0.15, 0.2) is 5.03 Å². The number of sulfonamides is 1. The molecule has 2 N–H and O–H groups in total. The molecule has 2 aromatic rings. The molecule has 23 heavy (non-hydrogen) atoms. The summed E-state index contributed by atoms with van der Waals surface area (Å²) >= 11 is 1.58. The van der Waals surface area contributed by atoms with Crippen molar-refractivity contribution in [3.8, 4) is 0 Å². The molecule has 0 bridgehead atoms. The molecule has 2 aromatic heterocycles. The van der Waals surface area contributed by atoms with Crippen LogP contribution in [0.15, 0.2) is 35.1 Å². The maximum Gasteiger partial charge on any atom is 0.317 e. The summed E-state index contributed by atoms with van der Waals surface area (Å²) in [5, 5.41) is 4.89. The highest BCUT2D eigenvalue weighted by molar-refractivity contribution is 7.89. The van der Waals surface area contributed by atoms with Crippen LogP contribution in [0.2, 0.25) is 0 Å². The van der Waals surface area contributed by atoms with Gasteiger partial charge in [0, 0.05) is 31.1 Å². The van der Waals surface area contributed by atoms with Gasteiger partial charge in [-0.3, -0.25) is 0 Å². The summed E-state index contributed by atoms with van der Waals surface area (Å²) in [7, 11) is -3.56. The summed E-state index contributed by atoms with van der Waals surface area (Å²) in [6.07, 6.45) is 2.62. The second kappa shape index (κ2) is 6.69. The van der Waals surface area contributed by atoms with E-state index in [1.165, 1.54) is 16.8 Å². The number of nitrogens with zero attached hydrogens (tertiary/aromatic N) is 3. The number of amides is 2. The van der Waals surface area contributed by atoms with E-state index in [1.54, 1.807) is 16.2 Å². The Balaban J connectivity index is 1.53. The molecule has 1 fully saturated rings. The van der Waals surface area contributed by atoms with Crippen molar-refractivity contribution in [1.29, 1.82) is 0 Å². The zero-order valence-corrected chi connectivity index (χ0v) is 13.9. The molecule has 3 rings (SSSR count). The molecule has 0 aromatic carbocycles. The summed E-state index contributed by atoms with van der Waals surface area (Å²) in [6.45, 7) is 1.76. The third kappa shape index (κ3) is 3.54. The van der Waals surface area contributed by atoms with Crippen LogP contribution in [0.5, 0.6) is 0 Å². The molecule has 10 heteroatoms. The molecule has 0 atom stereocenters. The molecule has 8 nitrogen and oxygen atoms in total. The number of carbonyl (C=O) groups excluding carboxylic acids is 1. The van der Waals surface area contributed by atoms with E-state index in [1.807, 2.05) is 17.5 Å². The molecule has 0 spiro atoms. The molecule has 3 heterocycles. The van der Waals surface area contributed by atoms with E-state index in [0.717, 1.165) is 4.88 Å². The standard InChI is InChI=1S/C13H17N5O3S2/c19-13(15-8-11-2-1-7-22-11)17-3-5-18(6-4-17)23(20,21)12-9-14-10-16-12/h1-2,7,9-10H,3-6,8H2,(H,14,16)(H,15,19). The molecular weight excluding hydrogens is 338 g/mol. The highest BCUT2D eigenvalue weighted by atomic mass is 32.2. The van der Waals surface area contributed by atoms with Gasteiger partial charge in [0.2, 0.25) is 0 Å². The zero-order valence-electron chi connectivity index (χ0n) is 12.3. The quantitative estimate of drug-likeness (QED) is 0.843. The van der Waals surface area contributed by atoms with Crippen LogP contribution >= 0.6 is 11.3 Å². The normalized spacial score (nSPS) is 16.4. The first-order valence-corrected chi connectivity index (χ1v) is 9.43. The average Bonchev–Trinajstić information content (AvgIpc) is 3.26. The Morgan fingerprint density at radius 3 is 2.74 bits per heavy atom. The highest BCUT2D eigenvalue weighted by Crippen LogP contribution is 2.15. The number of hydrogen-bond donors (Lipinski definition) is 2. The number of aromatic amines is 1. The van der Waals surface area contributed by atoms with Crippen LogP contribution < -0.4 is 5.32 Å². The van der Waals surface area contributed by atoms with Gasteiger partial charge in [0.25, 0.3) is 10.0 Å². The van der Waals surface area contributed by atoms with E-state index in [9.17, 15) is 13.2 Å². The Morgan fingerprint density at radius 2 is 2.13 bits per heavy atom. The lowest BCUT2D eigenvalue weighted by atomic mass is 10.4. The lowest BCUT2D eigenvalue weighted by Crippen LogP contribution is -2.52. The minimum absolute atomic E-state index is 0.0769. The molecule has 0 saturated carbocycles. The molecule has 0 unspecified atom stereocenters. The molecule has 1 aliphatic rings. The number of piperazine rings is 1. The van der Waals surface area contributed by atoms with Crippen LogP contribution in [0.4, 0.5) is 4.79 Å². The van der Waals surface area contributed by atoms with E-state index in [4.69, 9.17) is 0 Å². The second-order valence-corrected chi connectivity index (χ2v) is 7.98. The molecule has 0 aliphatic carbocycles. The average molecular weight is 355 g/mol. The number of thiophene rings is 1. The maximum atomic E-state index is 12.3. The van der Waals surface area contributed by atoms with Crippen molar-refractivity contribution >= 4 is 27.4 Å². The third-order valence-electron chi connectivity index (χ3n) is 3.61. The summed E-state index contributed by atoms with van der Waals surface area (Å²) in [5.74, 6) is 0. The third-order valence-corrected chi connectivity index (χ3v) is 6.31. The number of aromatic nitrogens is 2. The predicted molar refractivity (Wildman–Crippen MR) is 85.5 cm³/mol. The lowest BCUT2D eigenvalue weighted by Gasteiger charge is -2.33. The maximum absolute atomic E-state index is 12.3. The first-order valence-electron chi connectivity index (χ1n) is 7.11. The summed E-state index contributed by atoms with van der Waals surface area (Å²) in [5.41, 5.74) is 0. The number of hydrogen-bond acceptors (Lipinski definition) is 5. The fraction of sp³-hybridized carbons (Fsp3) is 0.385. The molecule has 1 aliphatic heterocycles. The SMILES string of the molecule is O=C(NCc1cccs1)N1CCN(S(=O)(=O)c2cnc[nH]2)CC1. The van der Waals surface area contributed by atoms with Crippen molar-refractivity contribution in [2.75, 3.05) is 26.2 Å². The second-order valence-electron chi connectivity index (χ2n) is 5.05. The van der Waals surface area contributed by atoms with E-state index >= 15 is 0 Å². The van der Waals surface area contributed by atoms with Crippen molar-refractivity contribution in [3.63, 3.8) is 0 Å².